The van der Waals surface area contributed by atoms with Crippen LogP contribution in [-0.2, 0) is 25.6 Å². The van der Waals surface area contributed by atoms with Gasteiger partial charge in [0.05, 0.1) is 0 Å². The first kappa shape index (κ1) is 30.9. The first-order chi connectivity index (χ1) is 17.5. The van der Waals surface area contributed by atoms with E-state index in [9.17, 15) is 24.3 Å². The molecular formula is C24H38N8O5. The molecule has 0 saturated heterocycles. The zero-order valence-corrected chi connectivity index (χ0v) is 21.3. The molecule has 0 aromatic heterocycles. The van der Waals surface area contributed by atoms with Crippen molar-refractivity contribution in [2.75, 3.05) is 13.6 Å². The molecule has 1 aromatic rings. The predicted molar refractivity (Wildman–Crippen MR) is 140 cm³/mol. The molecule has 13 heteroatoms. The van der Waals surface area contributed by atoms with Crippen LogP contribution >= 0.6 is 0 Å². The Balaban J connectivity index is 2.99. The fraction of sp³-hybridized carbons (Fsp3) is 0.500. The van der Waals surface area contributed by atoms with Crippen LogP contribution in [0.4, 0.5) is 0 Å². The van der Waals surface area contributed by atoms with Crippen molar-refractivity contribution in [1.29, 1.82) is 5.41 Å². The Morgan fingerprint density at radius 2 is 1.54 bits per heavy atom. The summed E-state index contributed by atoms with van der Waals surface area (Å²) in [6.45, 7) is 2.12. The number of hydrogen-bond acceptors (Lipinski definition) is 6. The second-order valence-corrected chi connectivity index (χ2v) is 8.53. The molecule has 13 nitrogen and oxygen atoms in total. The lowest BCUT2D eigenvalue weighted by Gasteiger charge is -2.23. The van der Waals surface area contributed by atoms with Crippen LogP contribution in [0.1, 0.15) is 50.2 Å². The molecule has 1 rings (SSSR count). The normalized spacial score (nSPS) is 12.9. The number of carbonyl (C=O) groups excluding carboxylic acids is 3. The van der Waals surface area contributed by atoms with Gasteiger partial charge in [-0.2, -0.15) is 0 Å². The summed E-state index contributed by atoms with van der Waals surface area (Å²) < 4.78 is 0. The molecular weight excluding hydrogens is 480 g/mol. The van der Waals surface area contributed by atoms with Gasteiger partial charge in [0.2, 0.25) is 17.7 Å². The average Bonchev–Trinajstić information content (AvgIpc) is 2.85. The largest absolute Gasteiger partial charge is 0.480 e. The van der Waals surface area contributed by atoms with Crippen molar-refractivity contribution in [3.8, 4) is 0 Å². The summed E-state index contributed by atoms with van der Waals surface area (Å²) in [6, 6.07) is 4.35. The summed E-state index contributed by atoms with van der Waals surface area (Å²) in [4.78, 5) is 54.1. The van der Waals surface area contributed by atoms with E-state index in [1.54, 1.807) is 24.3 Å². The lowest BCUT2D eigenvalue weighted by atomic mass is 9.95. The van der Waals surface area contributed by atoms with Crippen molar-refractivity contribution in [3.05, 3.63) is 35.4 Å². The number of aliphatic imine (C=N–C) groups is 1. The third-order valence-electron chi connectivity index (χ3n) is 5.62. The fourth-order valence-electron chi connectivity index (χ4n) is 3.52. The van der Waals surface area contributed by atoms with E-state index in [1.807, 2.05) is 6.92 Å². The van der Waals surface area contributed by atoms with E-state index in [0.717, 1.165) is 6.42 Å². The molecule has 0 fully saturated rings. The maximum absolute atomic E-state index is 13.1. The summed E-state index contributed by atoms with van der Waals surface area (Å²) in [6.07, 6.45) is 2.06. The predicted octanol–water partition coefficient (Wildman–Crippen LogP) is -0.827. The van der Waals surface area contributed by atoms with Gasteiger partial charge in [-0.1, -0.05) is 44.0 Å². The molecule has 11 N–H and O–H groups in total. The quantitative estimate of drug-likeness (QED) is 0.0593. The van der Waals surface area contributed by atoms with Crippen LogP contribution in [0.2, 0.25) is 0 Å². The van der Waals surface area contributed by atoms with Gasteiger partial charge in [-0.3, -0.25) is 24.8 Å². The van der Waals surface area contributed by atoms with Crippen LogP contribution in [0.3, 0.4) is 0 Å². The zero-order valence-electron chi connectivity index (χ0n) is 21.3. The maximum atomic E-state index is 13.1. The van der Waals surface area contributed by atoms with Crippen LogP contribution < -0.4 is 33.2 Å². The number of rotatable bonds is 16. The summed E-state index contributed by atoms with van der Waals surface area (Å²) in [7, 11) is 1.41. The van der Waals surface area contributed by atoms with Gasteiger partial charge in [0.15, 0.2) is 5.96 Å². The van der Waals surface area contributed by atoms with E-state index in [-0.39, 0.29) is 37.6 Å². The van der Waals surface area contributed by atoms with Crippen molar-refractivity contribution in [2.45, 2.75) is 57.5 Å². The summed E-state index contributed by atoms with van der Waals surface area (Å²) >= 11 is 0. The number of nitrogens with one attached hydrogen (secondary N) is 4. The van der Waals surface area contributed by atoms with Crippen LogP contribution in [0, 0.1) is 11.3 Å². The highest BCUT2D eigenvalue weighted by Crippen LogP contribution is 2.13. The molecule has 204 valence electrons. The van der Waals surface area contributed by atoms with E-state index in [4.69, 9.17) is 22.6 Å². The van der Waals surface area contributed by atoms with E-state index in [0.29, 0.717) is 24.0 Å². The Bertz CT molecular complexity index is 976. The minimum absolute atomic E-state index is 0.0500. The number of hydrogen-bond donors (Lipinski definition) is 8. The number of nitrogens with two attached hydrogens (primary N) is 3. The highest BCUT2D eigenvalue weighted by molar-refractivity contribution is 6.02. The van der Waals surface area contributed by atoms with E-state index in [2.05, 4.69) is 20.9 Å². The second kappa shape index (κ2) is 15.8. The molecule has 1 aromatic carbocycles. The molecule has 0 saturated carbocycles. The molecule has 3 amide bonds. The number of carboxylic acid groups (broad SMARTS) is 1. The van der Waals surface area contributed by atoms with Gasteiger partial charge in [-0.05, 0) is 31.2 Å². The number of carboxylic acids is 1. The number of benzene rings is 1. The fourth-order valence-corrected chi connectivity index (χ4v) is 3.52. The van der Waals surface area contributed by atoms with Crippen molar-refractivity contribution in [3.63, 3.8) is 0 Å². The first-order valence-electron chi connectivity index (χ1n) is 12.0. The average molecular weight is 519 g/mol. The molecule has 37 heavy (non-hydrogen) atoms. The molecule has 0 aliphatic rings. The minimum Gasteiger partial charge on any atom is -0.480 e. The molecule has 0 radical (unpaired) electrons. The second-order valence-electron chi connectivity index (χ2n) is 8.53. The number of guanidine groups is 1. The minimum atomic E-state index is -1.23. The lowest BCUT2D eigenvalue weighted by Crippen LogP contribution is -2.54. The number of unbranched alkanes of at least 4 members (excludes halogenated alkanes) is 1. The monoisotopic (exact) mass is 518 g/mol. The number of nitrogen functional groups attached to an aromatic ring is 1. The molecule has 3 atom stereocenters. The van der Waals surface area contributed by atoms with Crippen molar-refractivity contribution in [2.24, 2.45) is 28.1 Å². The van der Waals surface area contributed by atoms with Crippen molar-refractivity contribution >= 4 is 35.5 Å². The van der Waals surface area contributed by atoms with E-state index >= 15 is 0 Å². The van der Waals surface area contributed by atoms with Crippen molar-refractivity contribution in [1.82, 2.24) is 16.0 Å². The van der Waals surface area contributed by atoms with E-state index in [1.165, 1.54) is 7.05 Å². The summed E-state index contributed by atoms with van der Waals surface area (Å²) in [5, 5.41) is 24.6. The third kappa shape index (κ3) is 11.0. The number of amidine groups is 1. The zero-order chi connectivity index (χ0) is 28.0. The van der Waals surface area contributed by atoms with Crippen LogP contribution in [0.5, 0.6) is 0 Å². The van der Waals surface area contributed by atoms with Gasteiger partial charge >= 0.3 is 5.97 Å². The number of aliphatic carboxylic acids is 1. The maximum Gasteiger partial charge on any atom is 0.326 e. The molecule has 0 aliphatic heterocycles. The smallest absolute Gasteiger partial charge is 0.326 e. The Kier molecular flexibility index (Phi) is 13.1. The Morgan fingerprint density at radius 3 is 2.05 bits per heavy atom. The molecule has 1 unspecified atom stereocenters. The molecule has 0 heterocycles. The number of amides is 3. The van der Waals surface area contributed by atoms with Crippen LogP contribution in [0.25, 0.3) is 0 Å². The first-order valence-corrected chi connectivity index (χ1v) is 12.0. The lowest BCUT2D eigenvalue weighted by molar-refractivity contribution is -0.142. The Hall–Kier alpha value is -4.16. The number of nitrogens with zero attached hydrogens (tertiary/aromatic N) is 1. The van der Waals surface area contributed by atoms with Crippen molar-refractivity contribution < 1.29 is 24.3 Å². The Morgan fingerprint density at radius 1 is 0.946 bits per heavy atom. The standard InChI is InChI=1S/C24H38N8O5/c1-3-4-6-17(22(35)32-18(23(36)37)7-5-12-30-24(27)28)31-21(34)16(20(33)29-2)13-14-8-10-15(11-9-14)19(25)26/h8-11,16-18H,3-7,12-13H2,1-2H3,(H3,25,26)(H,29,33)(H,31,34)(H,32,35)(H,36,37)(H4,27,28,30)/t16-,17-,18?/m0/s1. The van der Waals surface area contributed by atoms with Gasteiger partial charge in [0, 0.05) is 19.2 Å². The van der Waals surface area contributed by atoms with Gasteiger partial charge in [0.25, 0.3) is 0 Å². The SMILES string of the molecule is CCCC[C@H](NC(=O)[C@@H](Cc1ccc(C(=N)N)cc1)C(=O)NC)C(=O)NC(CCCN=C(N)N)C(=O)O. The van der Waals surface area contributed by atoms with Gasteiger partial charge in [-0.15, -0.1) is 0 Å². The third-order valence-corrected chi connectivity index (χ3v) is 5.62. The molecule has 0 aliphatic carbocycles. The summed E-state index contributed by atoms with van der Waals surface area (Å²) in [5.74, 6) is -4.43. The highest BCUT2D eigenvalue weighted by atomic mass is 16.4. The topological polar surface area (TPSA) is 239 Å². The van der Waals surface area contributed by atoms with Gasteiger partial charge in [-0.25, -0.2) is 4.79 Å². The van der Waals surface area contributed by atoms with Crippen LogP contribution in [0.15, 0.2) is 29.3 Å². The van der Waals surface area contributed by atoms with Crippen LogP contribution in [-0.4, -0.2) is 66.3 Å². The molecule has 0 bridgehead atoms. The van der Waals surface area contributed by atoms with E-state index < -0.39 is 41.7 Å². The van der Waals surface area contributed by atoms with Gasteiger partial charge < -0.3 is 38.3 Å². The van der Waals surface area contributed by atoms with Gasteiger partial charge in [0.1, 0.15) is 23.8 Å². The summed E-state index contributed by atoms with van der Waals surface area (Å²) in [5.41, 5.74) is 17.2. The Labute approximate surface area is 216 Å². The molecule has 0 spiro atoms. The number of carbonyl (C=O) groups is 4. The highest BCUT2D eigenvalue weighted by Gasteiger charge is 2.31.